The highest BCUT2D eigenvalue weighted by molar-refractivity contribution is 5.82. The van der Waals surface area contributed by atoms with Gasteiger partial charge in [-0.1, -0.05) is 12.1 Å². The molecule has 21 heavy (non-hydrogen) atoms. The third kappa shape index (κ3) is 3.68. The quantitative estimate of drug-likeness (QED) is 0.820. The maximum Gasteiger partial charge on any atom is 0.325 e. The highest BCUT2D eigenvalue weighted by Crippen LogP contribution is 2.14. The first-order valence-corrected chi connectivity index (χ1v) is 6.85. The van der Waals surface area contributed by atoms with Gasteiger partial charge in [-0.15, -0.1) is 0 Å². The van der Waals surface area contributed by atoms with Crippen molar-refractivity contribution in [2.75, 3.05) is 18.0 Å². The van der Waals surface area contributed by atoms with Crippen molar-refractivity contribution in [2.45, 2.75) is 13.8 Å². The maximum atomic E-state index is 11.5. The van der Waals surface area contributed by atoms with Crippen LogP contribution in [0.2, 0.25) is 0 Å². The van der Waals surface area contributed by atoms with E-state index < -0.39 is 11.2 Å². The second kappa shape index (κ2) is 6.69. The lowest BCUT2D eigenvalue weighted by atomic mass is 10.2. The fourth-order valence-corrected chi connectivity index (χ4v) is 2.00. The first kappa shape index (κ1) is 14.8. The maximum absolute atomic E-state index is 11.5. The molecule has 1 heterocycles. The Kier molecular flexibility index (Phi) is 4.71. The molecule has 6 heteroatoms. The molecule has 2 N–H and O–H groups in total. The van der Waals surface area contributed by atoms with Gasteiger partial charge < -0.3 is 9.88 Å². The van der Waals surface area contributed by atoms with Gasteiger partial charge in [0.25, 0.3) is 5.56 Å². The minimum Gasteiger partial charge on any atom is -0.372 e. The van der Waals surface area contributed by atoms with E-state index in [1.54, 1.807) is 6.21 Å². The Bertz CT molecular complexity index is 724. The summed E-state index contributed by atoms with van der Waals surface area (Å²) in [6.07, 6.45) is 2.89. The zero-order valence-corrected chi connectivity index (χ0v) is 12.1. The molecule has 0 amide bonds. The Morgan fingerprint density at radius 3 is 2.38 bits per heavy atom. The molecule has 0 saturated carbocycles. The summed E-state index contributed by atoms with van der Waals surface area (Å²) in [5.41, 5.74) is 1.16. The summed E-state index contributed by atoms with van der Waals surface area (Å²) in [5, 5.41) is 0. The molecule has 0 radical (unpaired) electrons. The van der Waals surface area contributed by atoms with Crippen LogP contribution in [0.25, 0.3) is 0 Å². The van der Waals surface area contributed by atoms with Crippen molar-refractivity contribution in [3.8, 4) is 0 Å². The van der Waals surface area contributed by atoms with Crippen LogP contribution < -0.4 is 16.1 Å². The number of hydrogen-bond acceptors (Lipinski definition) is 4. The summed E-state index contributed by atoms with van der Waals surface area (Å²) in [4.78, 5) is 33.2. The summed E-state index contributed by atoms with van der Waals surface area (Å²) < 4.78 is 0. The molecule has 2 rings (SSSR count). The molecule has 0 fully saturated rings. The van der Waals surface area contributed by atoms with E-state index in [0.29, 0.717) is 0 Å². The fourth-order valence-electron chi connectivity index (χ4n) is 2.00. The molecule has 2 aromatic rings. The molecule has 1 aromatic heterocycles. The van der Waals surface area contributed by atoms with Crippen LogP contribution in [0.1, 0.15) is 19.4 Å². The van der Waals surface area contributed by atoms with Crippen LogP contribution in [-0.4, -0.2) is 29.3 Å². The minimum absolute atomic E-state index is 0.169. The van der Waals surface area contributed by atoms with E-state index in [0.717, 1.165) is 24.3 Å². The third-order valence-corrected chi connectivity index (χ3v) is 3.17. The Morgan fingerprint density at radius 2 is 1.81 bits per heavy atom. The van der Waals surface area contributed by atoms with Gasteiger partial charge in [0, 0.05) is 31.2 Å². The molecule has 0 unspecified atom stereocenters. The Hall–Kier alpha value is -2.63. The Labute approximate surface area is 122 Å². The molecule has 0 aliphatic heterocycles. The first-order valence-electron chi connectivity index (χ1n) is 6.85. The monoisotopic (exact) mass is 286 g/mol. The largest absolute Gasteiger partial charge is 0.372 e. The number of aromatic amines is 2. The predicted molar refractivity (Wildman–Crippen MR) is 84.9 cm³/mol. The second-order valence-electron chi connectivity index (χ2n) is 4.48. The molecule has 0 atom stereocenters. The molecular weight excluding hydrogens is 268 g/mol. The van der Waals surface area contributed by atoms with E-state index in [9.17, 15) is 9.59 Å². The molecule has 0 aliphatic carbocycles. The number of anilines is 1. The summed E-state index contributed by atoms with van der Waals surface area (Å²) in [6.45, 7) is 6.13. The Morgan fingerprint density at radius 1 is 1.14 bits per heavy atom. The van der Waals surface area contributed by atoms with Gasteiger partial charge in [0.05, 0.1) is 0 Å². The number of nitrogens with one attached hydrogen (secondary N) is 2. The number of aromatic nitrogens is 2. The number of rotatable bonds is 5. The molecule has 0 bridgehead atoms. The van der Waals surface area contributed by atoms with Crippen LogP contribution in [0.4, 0.5) is 11.4 Å². The summed E-state index contributed by atoms with van der Waals surface area (Å²) >= 11 is 0. The smallest absolute Gasteiger partial charge is 0.325 e. The van der Waals surface area contributed by atoms with Crippen LogP contribution in [0.3, 0.4) is 0 Å². The lowest BCUT2D eigenvalue weighted by Crippen LogP contribution is -2.21. The van der Waals surface area contributed by atoms with E-state index in [1.807, 2.05) is 24.3 Å². The predicted octanol–water partition coefficient (Wildman–Crippen LogP) is 1.66. The number of hydrogen-bond donors (Lipinski definition) is 2. The van der Waals surface area contributed by atoms with Crippen LogP contribution in [0.5, 0.6) is 0 Å². The van der Waals surface area contributed by atoms with Gasteiger partial charge in [-0.3, -0.25) is 9.78 Å². The molecule has 0 spiro atoms. The average molecular weight is 286 g/mol. The number of nitrogens with zero attached hydrogens (tertiary/aromatic N) is 2. The normalized spacial score (nSPS) is 11.0. The summed E-state index contributed by atoms with van der Waals surface area (Å²) in [5.74, 6) is 0. The van der Waals surface area contributed by atoms with Crippen molar-refractivity contribution in [1.82, 2.24) is 9.97 Å². The van der Waals surface area contributed by atoms with E-state index in [1.165, 1.54) is 6.20 Å². The van der Waals surface area contributed by atoms with E-state index in [-0.39, 0.29) is 5.69 Å². The van der Waals surface area contributed by atoms with Gasteiger partial charge in [-0.25, -0.2) is 9.79 Å². The number of aliphatic imine (C=N–C) groups is 1. The summed E-state index contributed by atoms with van der Waals surface area (Å²) in [6, 6.07) is 7.92. The lowest BCUT2D eigenvalue weighted by molar-refractivity contribution is 0.866. The number of H-pyrrole nitrogens is 2. The van der Waals surface area contributed by atoms with Gasteiger partial charge in [0.1, 0.15) is 5.69 Å². The highest BCUT2D eigenvalue weighted by Gasteiger charge is 2.01. The van der Waals surface area contributed by atoms with Crippen LogP contribution in [-0.2, 0) is 0 Å². The fraction of sp³-hybridized carbons (Fsp3) is 0.267. The van der Waals surface area contributed by atoms with Crippen molar-refractivity contribution in [3.05, 3.63) is 56.9 Å². The van der Waals surface area contributed by atoms with E-state index >= 15 is 0 Å². The number of benzene rings is 1. The third-order valence-electron chi connectivity index (χ3n) is 3.17. The van der Waals surface area contributed by atoms with Crippen LogP contribution in [0, 0.1) is 0 Å². The molecule has 6 nitrogen and oxygen atoms in total. The molecular formula is C15H18N4O2. The van der Waals surface area contributed by atoms with Crippen molar-refractivity contribution >= 4 is 17.6 Å². The Balaban J connectivity index is 2.18. The van der Waals surface area contributed by atoms with Gasteiger partial charge >= 0.3 is 5.69 Å². The second-order valence-corrected chi connectivity index (χ2v) is 4.48. The SMILES string of the molecule is CCN(CC)c1ccc(C=Nc2c[nH]c(=O)[nH]c2=O)cc1. The zero-order chi connectivity index (χ0) is 15.2. The van der Waals surface area contributed by atoms with E-state index in [4.69, 9.17) is 0 Å². The molecule has 0 aliphatic rings. The highest BCUT2D eigenvalue weighted by atomic mass is 16.2. The van der Waals surface area contributed by atoms with Crippen molar-refractivity contribution in [1.29, 1.82) is 0 Å². The molecule has 1 aromatic carbocycles. The van der Waals surface area contributed by atoms with Gasteiger partial charge in [-0.2, -0.15) is 0 Å². The minimum atomic E-state index is -0.539. The van der Waals surface area contributed by atoms with E-state index in [2.05, 4.69) is 33.7 Å². The molecule has 0 saturated heterocycles. The van der Waals surface area contributed by atoms with Gasteiger partial charge in [0.2, 0.25) is 0 Å². The zero-order valence-electron chi connectivity index (χ0n) is 12.1. The van der Waals surface area contributed by atoms with Crippen LogP contribution in [0.15, 0.2) is 45.0 Å². The average Bonchev–Trinajstić information content (AvgIpc) is 2.49. The topological polar surface area (TPSA) is 81.3 Å². The first-order chi connectivity index (χ1) is 10.1. The van der Waals surface area contributed by atoms with Crippen molar-refractivity contribution in [3.63, 3.8) is 0 Å². The van der Waals surface area contributed by atoms with Crippen molar-refractivity contribution < 1.29 is 0 Å². The standard InChI is InChI=1S/C15H18N4O2/c1-3-19(4-2)12-7-5-11(6-8-12)9-16-13-10-17-15(21)18-14(13)20/h5-10H,3-4H2,1-2H3,(H2,17,18,20,21). The van der Waals surface area contributed by atoms with Gasteiger partial charge in [0.15, 0.2) is 0 Å². The van der Waals surface area contributed by atoms with Gasteiger partial charge in [-0.05, 0) is 31.5 Å². The lowest BCUT2D eigenvalue weighted by Gasteiger charge is -2.20. The van der Waals surface area contributed by atoms with Crippen LogP contribution >= 0.6 is 0 Å². The van der Waals surface area contributed by atoms with Crippen molar-refractivity contribution in [2.24, 2.45) is 4.99 Å². The molecule has 110 valence electrons. The summed E-state index contributed by atoms with van der Waals surface area (Å²) in [7, 11) is 0.